The molecule has 0 bridgehead atoms. The predicted molar refractivity (Wildman–Crippen MR) is 93.4 cm³/mol. The summed E-state index contributed by atoms with van der Waals surface area (Å²) in [6, 6.07) is 7.52. The Kier molecular flexibility index (Phi) is 6.24. The highest BCUT2D eigenvalue weighted by atomic mass is 35.5. The van der Waals surface area contributed by atoms with Gasteiger partial charge in [0.1, 0.15) is 11.6 Å². The number of methoxy groups -OCH3 is 2. The van der Waals surface area contributed by atoms with Crippen molar-refractivity contribution in [3.63, 3.8) is 0 Å². The molecule has 0 atom stereocenters. The number of rotatable bonds is 8. The summed E-state index contributed by atoms with van der Waals surface area (Å²) in [6.45, 7) is 1.19. The third kappa shape index (κ3) is 4.73. The molecule has 24 heavy (non-hydrogen) atoms. The maximum Gasteiger partial charge on any atom is 0.263 e. The predicted octanol–water partition coefficient (Wildman–Crippen LogP) is 2.60. The fourth-order valence-corrected chi connectivity index (χ4v) is 3.22. The molecule has 0 unspecified atom stereocenters. The Hall–Kier alpha value is -2.03. The number of ether oxygens (including phenoxy) is 2. The normalized spacial score (nSPS) is 11.1. The average molecular weight is 372 g/mol. The highest BCUT2D eigenvalue weighted by molar-refractivity contribution is 7.92. The van der Waals surface area contributed by atoms with E-state index >= 15 is 0 Å². The van der Waals surface area contributed by atoms with Crippen molar-refractivity contribution < 1.29 is 17.9 Å². The van der Waals surface area contributed by atoms with Crippen molar-refractivity contribution in [1.82, 2.24) is 4.98 Å². The Bertz CT molecular complexity index is 782. The standard InChI is InChI=1S/C15H18ClN3O4S/c1-22-8-7-17-11-3-6-15(18-10-11)19-24(20,21)12-4-5-14(23-2)13(16)9-12/h3-6,9-10,17H,7-8H2,1-2H3,(H,18,19). The Morgan fingerprint density at radius 1 is 1.21 bits per heavy atom. The van der Waals surface area contributed by atoms with Crippen LogP contribution in [0.1, 0.15) is 0 Å². The van der Waals surface area contributed by atoms with Crippen molar-refractivity contribution >= 4 is 33.1 Å². The van der Waals surface area contributed by atoms with Gasteiger partial charge in [-0.25, -0.2) is 13.4 Å². The number of nitrogens with one attached hydrogen (secondary N) is 2. The van der Waals surface area contributed by atoms with Crippen LogP contribution in [0, 0.1) is 0 Å². The molecule has 1 heterocycles. The minimum absolute atomic E-state index is 0.0254. The number of pyridine rings is 1. The molecule has 7 nitrogen and oxygen atoms in total. The second kappa shape index (κ2) is 8.18. The first-order valence-electron chi connectivity index (χ1n) is 7.01. The lowest BCUT2D eigenvalue weighted by Crippen LogP contribution is -2.14. The smallest absolute Gasteiger partial charge is 0.263 e. The van der Waals surface area contributed by atoms with E-state index in [4.69, 9.17) is 21.1 Å². The van der Waals surface area contributed by atoms with Gasteiger partial charge in [0.25, 0.3) is 10.0 Å². The molecule has 2 N–H and O–H groups in total. The zero-order chi connectivity index (χ0) is 17.6. The second-order valence-electron chi connectivity index (χ2n) is 4.75. The van der Waals surface area contributed by atoms with Gasteiger partial charge in [0.15, 0.2) is 0 Å². The SMILES string of the molecule is COCCNc1ccc(NS(=O)(=O)c2ccc(OC)c(Cl)c2)nc1. The lowest BCUT2D eigenvalue weighted by Gasteiger charge is -2.10. The molecular formula is C15H18ClN3O4S. The lowest BCUT2D eigenvalue weighted by atomic mass is 10.3. The van der Waals surface area contributed by atoms with Crippen LogP contribution in [-0.2, 0) is 14.8 Å². The first kappa shape index (κ1) is 18.3. The van der Waals surface area contributed by atoms with Crippen LogP contribution in [-0.4, -0.2) is 40.8 Å². The third-order valence-corrected chi connectivity index (χ3v) is 4.72. The number of benzene rings is 1. The minimum Gasteiger partial charge on any atom is -0.495 e. The summed E-state index contributed by atoms with van der Waals surface area (Å²) in [6.07, 6.45) is 1.54. The van der Waals surface area contributed by atoms with E-state index in [0.29, 0.717) is 18.9 Å². The zero-order valence-electron chi connectivity index (χ0n) is 13.2. The quantitative estimate of drug-likeness (QED) is 0.693. The van der Waals surface area contributed by atoms with Crippen molar-refractivity contribution in [3.05, 3.63) is 41.6 Å². The molecule has 2 rings (SSSR count). The molecule has 0 aliphatic rings. The van der Waals surface area contributed by atoms with Gasteiger partial charge >= 0.3 is 0 Å². The number of hydrogen-bond donors (Lipinski definition) is 2. The topological polar surface area (TPSA) is 89.6 Å². The first-order chi connectivity index (χ1) is 11.5. The second-order valence-corrected chi connectivity index (χ2v) is 6.84. The molecule has 0 saturated heterocycles. The van der Waals surface area contributed by atoms with Gasteiger partial charge in [-0.3, -0.25) is 4.72 Å². The molecular weight excluding hydrogens is 354 g/mol. The van der Waals surface area contributed by atoms with Gasteiger partial charge in [-0.05, 0) is 30.3 Å². The Labute approximate surface area is 146 Å². The molecule has 0 aliphatic heterocycles. The fourth-order valence-electron chi connectivity index (χ4n) is 1.87. The Balaban J connectivity index is 2.10. The number of sulfonamides is 1. The molecule has 0 aliphatic carbocycles. The summed E-state index contributed by atoms with van der Waals surface area (Å²) in [5.74, 6) is 0.611. The third-order valence-electron chi connectivity index (χ3n) is 3.07. The van der Waals surface area contributed by atoms with Gasteiger partial charge in [-0.15, -0.1) is 0 Å². The maximum atomic E-state index is 12.4. The van der Waals surface area contributed by atoms with Gasteiger partial charge < -0.3 is 14.8 Å². The van der Waals surface area contributed by atoms with E-state index in [-0.39, 0.29) is 15.7 Å². The number of hydrogen-bond acceptors (Lipinski definition) is 6. The van der Waals surface area contributed by atoms with E-state index in [1.165, 1.54) is 31.5 Å². The number of halogens is 1. The van der Waals surface area contributed by atoms with Gasteiger partial charge in [0.05, 0.1) is 35.5 Å². The van der Waals surface area contributed by atoms with Crippen LogP contribution in [0.3, 0.4) is 0 Å². The summed E-state index contributed by atoms with van der Waals surface area (Å²) in [4.78, 5) is 4.10. The van der Waals surface area contributed by atoms with Gasteiger partial charge in [-0.2, -0.15) is 0 Å². The van der Waals surface area contributed by atoms with Crippen LogP contribution in [0.5, 0.6) is 5.75 Å². The van der Waals surface area contributed by atoms with Gasteiger partial charge in [0.2, 0.25) is 0 Å². The molecule has 1 aromatic carbocycles. The van der Waals surface area contributed by atoms with Gasteiger partial charge in [-0.1, -0.05) is 11.6 Å². The molecule has 0 radical (unpaired) electrons. The molecule has 0 spiro atoms. The molecule has 2 aromatic rings. The monoisotopic (exact) mass is 371 g/mol. The maximum absolute atomic E-state index is 12.4. The van der Waals surface area contributed by atoms with E-state index in [9.17, 15) is 8.42 Å². The van der Waals surface area contributed by atoms with Crippen LogP contribution in [0.4, 0.5) is 11.5 Å². The van der Waals surface area contributed by atoms with Crippen molar-refractivity contribution in [2.45, 2.75) is 4.90 Å². The summed E-state index contributed by atoms with van der Waals surface area (Å²) in [5, 5.41) is 3.31. The summed E-state index contributed by atoms with van der Waals surface area (Å²) >= 11 is 5.97. The van der Waals surface area contributed by atoms with Crippen LogP contribution in [0.15, 0.2) is 41.4 Å². The zero-order valence-corrected chi connectivity index (χ0v) is 14.8. The largest absolute Gasteiger partial charge is 0.495 e. The van der Waals surface area contributed by atoms with E-state index in [2.05, 4.69) is 15.0 Å². The molecule has 0 amide bonds. The Morgan fingerprint density at radius 3 is 2.58 bits per heavy atom. The fraction of sp³-hybridized carbons (Fsp3) is 0.267. The van der Waals surface area contributed by atoms with Crippen LogP contribution in [0.25, 0.3) is 0 Å². The van der Waals surface area contributed by atoms with Crippen molar-refractivity contribution in [2.24, 2.45) is 0 Å². The van der Waals surface area contributed by atoms with E-state index in [1.807, 2.05) is 0 Å². The highest BCUT2D eigenvalue weighted by Gasteiger charge is 2.16. The lowest BCUT2D eigenvalue weighted by molar-refractivity contribution is 0.211. The highest BCUT2D eigenvalue weighted by Crippen LogP contribution is 2.27. The van der Waals surface area contributed by atoms with E-state index < -0.39 is 10.0 Å². The molecule has 1 aromatic heterocycles. The van der Waals surface area contributed by atoms with Crippen LogP contribution >= 0.6 is 11.6 Å². The van der Waals surface area contributed by atoms with Gasteiger partial charge in [0, 0.05) is 13.7 Å². The minimum atomic E-state index is -3.79. The number of anilines is 2. The summed E-state index contributed by atoms with van der Waals surface area (Å²) in [7, 11) is -0.715. The molecule has 9 heteroatoms. The summed E-state index contributed by atoms with van der Waals surface area (Å²) < 4.78 is 37.1. The number of aromatic nitrogens is 1. The van der Waals surface area contributed by atoms with Crippen LogP contribution in [0.2, 0.25) is 5.02 Å². The van der Waals surface area contributed by atoms with Crippen molar-refractivity contribution in [1.29, 1.82) is 0 Å². The first-order valence-corrected chi connectivity index (χ1v) is 8.87. The molecule has 0 fully saturated rings. The van der Waals surface area contributed by atoms with E-state index in [0.717, 1.165) is 5.69 Å². The average Bonchev–Trinajstić information content (AvgIpc) is 2.56. The summed E-state index contributed by atoms with van der Waals surface area (Å²) in [5.41, 5.74) is 0.766. The molecule has 130 valence electrons. The number of nitrogens with zero attached hydrogens (tertiary/aromatic N) is 1. The van der Waals surface area contributed by atoms with E-state index in [1.54, 1.807) is 19.2 Å². The Morgan fingerprint density at radius 2 is 2.00 bits per heavy atom. The molecule has 0 saturated carbocycles. The van der Waals surface area contributed by atoms with Crippen LogP contribution < -0.4 is 14.8 Å². The van der Waals surface area contributed by atoms with Crippen molar-refractivity contribution in [2.75, 3.05) is 37.4 Å². The van der Waals surface area contributed by atoms with Crippen molar-refractivity contribution in [3.8, 4) is 5.75 Å².